The number of nitrogens with two attached hydrogens (primary N) is 1. The zero-order valence-corrected chi connectivity index (χ0v) is 12.9. The molecule has 0 heterocycles. The Kier molecular flexibility index (Phi) is 5.53. The van der Waals surface area contributed by atoms with Crippen molar-refractivity contribution in [2.75, 3.05) is 13.1 Å². The van der Waals surface area contributed by atoms with Crippen LogP contribution in [0, 0.1) is 6.92 Å². The maximum atomic E-state index is 10.1. The molecule has 0 saturated heterocycles. The van der Waals surface area contributed by atoms with Gasteiger partial charge in [0.1, 0.15) is 0 Å². The smallest absolute Gasteiger partial charge is 0.0718 e. The van der Waals surface area contributed by atoms with Crippen molar-refractivity contribution in [1.82, 2.24) is 4.90 Å². The molecule has 2 atom stereocenters. The van der Waals surface area contributed by atoms with Gasteiger partial charge in [-0.1, -0.05) is 31.2 Å². The van der Waals surface area contributed by atoms with Crippen molar-refractivity contribution in [3.8, 4) is 0 Å². The Labute approximate surface area is 117 Å². The van der Waals surface area contributed by atoms with E-state index in [1.165, 1.54) is 11.1 Å². The molecule has 0 amide bonds. The highest BCUT2D eigenvalue weighted by Gasteiger charge is 2.28. The Hall–Kier alpha value is -0.900. The van der Waals surface area contributed by atoms with Gasteiger partial charge in [-0.25, -0.2) is 0 Å². The van der Waals surface area contributed by atoms with Crippen molar-refractivity contribution in [3.05, 3.63) is 35.4 Å². The van der Waals surface area contributed by atoms with Gasteiger partial charge in [0.2, 0.25) is 0 Å². The highest BCUT2D eigenvalue weighted by Crippen LogP contribution is 2.27. The molecule has 0 aliphatic carbocycles. The molecule has 19 heavy (non-hydrogen) atoms. The van der Waals surface area contributed by atoms with Gasteiger partial charge in [-0.3, -0.25) is 4.90 Å². The molecule has 0 saturated carbocycles. The van der Waals surface area contributed by atoms with E-state index in [-0.39, 0.29) is 12.1 Å². The van der Waals surface area contributed by atoms with Crippen molar-refractivity contribution in [3.63, 3.8) is 0 Å². The fourth-order valence-corrected chi connectivity index (χ4v) is 2.63. The lowest BCUT2D eigenvalue weighted by atomic mass is 9.94. The van der Waals surface area contributed by atoms with Crippen LogP contribution in [0.2, 0.25) is 0 Å². The highest BCUT2D eigenvalue weighted by molar-refractivity contribution is 5.30. The molecular formula is C16H28N2O. The van der Waals surface area contributed by atoms with Gasteiger partial charge >= 0.3 is 0 Å². The van der Waals surface area contributed by atoms with Gasteiger partial charge in [-0.15, -0.1) is 0 Å². The van der Waals surface area contributed by atoms with Crippen molar-refractivity contribution in [2.24, 2.45) is 5.73 Å². The third-order valence-corrected chi connectivity index (χ3v) is 3.39. The predicted octanol–water partition coefficient (Wildman–Crippen LogP) is 2.48. The first-order valence-corrected chi connectivity index (χ1v) is 7.03. The fourth-order valence-electron chi connectivity index (χ4n) is 2.63. The molecule has 1 rings (SSSR count). The van der Waals surface area contributed by atoms with E-state index in [9.17, 15) is 5.11 Å². The summed E-state index contributed by atoms with van der Waals surface area (Å²) in [7, 11) is 0. The molecule has 3 heteroatoms. The van der Waals surface area contributed by atoms with Crippen LogP contribution >= 0.6 is 0 Å². The lowest BCUT2D eigenvalue weighted by Crippen LogP contribution is -2.46. The second-order valence-corrected chi connectivity index (χ2v) is 6.04. The summed E-state index contributed by atoms with van der Waals surface area (Å²) in [4.78, 5) is 2.26. The van der Waals surface area contributed by atoms with Crippen LogP contribution in [0.4, 0.5) is 0 Å². The van der Waals surface area contributed by atoms with E-state index < -0.39 is 5.60 Å². The lowest BCUT2D eigenvalue weighted by Gasteiger charge is -2.38. The summed E-state index contributed by atoms with van der Waals surface area (Å²) in [6.45, 7) is 11.4. The fraction of sp³-hybridized carbons (Fsp3) is 0.625. The van der Waals surface area contributed by atoms with Crippen LogP contribution < -0.4 is 5.73 Å². The van der Waals surface area contributed by atoms with Crippen LogP contribution in [0.15, 0.2) is 24.3 Å². The summed E-state index contributed by atoms with van der Waals surface area (Å²) in [5.74, 6) is 0. The molecule has 3 nitrogen and oxygen atoms in total. The minimum atomic E-state index is -0.716. The molecule has 108 valence electrons. The summed E-state index contributed by atoms with van der Waals surface area (Å²) in [5.41, 5.74) is 8.00. The Morgan fingerprint density at radius 2 is 1.89 bits per heavy atom. The van der Waals surface area contributed by atoms with Crippen LogP contribution in [0.3, 0.4) is 0 Å². The third-order valence-electron chi connectivity index (χ3n) is 3.39. The van der Waals surface area contributed by atoms with Crippen molar-refractivity contribution in [1.29, 1.82) is 0 Å². The van der Waals surface area contributed by atoms with Crippen LogP contribution in [0.5, 0.6) is 0 Å². The number of aliphatic hydroxyl groups is 1. The van der Waals surface area contributed by atoms with Gasteiger partial charge in [-0.2, -0.15) is 0 Å². The molecule has 0 fully saturated rings. The number of aryl methyl sites for hydroxylation is 1. The lowest BCUT2D eigenvalue weighted by molar-refractivity contribution is 0.0186. The highest BCUT2D eigenvalue weighted by atomic mass is 16.3. The molecule has 1 aromatic carbocycles. The molecule has 2 unspecified atom stereocenters. The minimum Gasteiger partial charge on any atom is -0.389 e. The van der Waals surface area contributed by atoms with Gasteiger partial charge in [-0.05, 0) is 45.4 Å². The zero-order chi connectivity index (χ0) is 14.6. The molecule has 0 aliphatic heterocycles. The third kappa shape index (κ3) is 4.60. The molecular weight excluding hydrogens is 236 g/mol. The minimum absolute atomic E-state index is 0.0170. The molecule has 0 aromatic heterocycles. The van der Waals surface area contributed by atoms with Gasteiger partial charge in [0.25, 0.3) is 0 Å². The first kappa shape index (κ1) is 16.2. The van der Waals surface area contributed by atoms with Crippen LogP contribution in [-0.2, 0) is 0 Å². The second-order valence-electron chi connectivity index (χ2n) is 6.04. The Morgan fingerprint density at radius 3 is 2.32 bits per heavy atom. The summed E-state index contributed by atoms with van der Waals surface area (Å²) < 4.78 is 0. The quantitative estimate of drug-likeness (QED) is 0.830. The van der Waals surface area contributed by atoms with E-state index in [2.05, 4.69) is 36.9 Å². The summed E-state index contributed by atoms with van der Waals surface area (Å²) >= 11 is 0. The predicted molar refractivity (Wildman–Crippen MR) is 81.1 cm³/mol. The maximum Gasteiger partial charge on any atom is 0.0718 e. The van der Waals surface area contributed by atoms with Gasteiger partial charge in [0.15, 0.2) is 0 Å². The molecule has 3 N–H and O–H groups in total. The number of hydrogen-bond acceptors (Lipinski definition) is 3. The number of rotatable bonds is 6. The van der Waals surface area contributed by atoms with Gasteiger partial charge in [0, 0.05) is 18.6 Å². The summed E-state index contributed by atoms with van der Waals surface area (Å²) in [5, 5.41) is 10.1. The maximum absolute atomic E-state index is 10.1. The molecule has 1 aromatic rings. The Bertz CT molecular complexity index is 396. The number of benzene rings is 1. The average Bonchev–Trinajstić information content (AvgIpc) is 2.28. The summed E-state index contributed by atoms with van der Waals surface area (Å²) in [6, 6.07) is 8.50. The monoisotopic (exact) mass is 264 g/mol. The molecule has 0 radical (unpaired) electrons. The molecule has 0 spiro atoms. The normalized spacial score (nSPS) is 15.6. The Morgan fingerprint density at radius 1 is 1.32 bits per heavy atom. The first-order chi connectivity index (χ1) is 8.76. The van der Waals surface area contributed by atoms with E-state index in [0.717, 1.165) is 6.54 Å². The van der Waals surface area contributed by atoms with Crippen molar-refractivity contribution in [2.45, 2.75) is 52.3 Å². The number of nitrogens with zero attached hydrogens (tertiary/aromatic N) is 1. The summed E-state index contributed by atoms with van der Waals surface area (Å²) in [6.07, 6.45) is 0. The van der Waals surface area contributed by atoms with Gasteiger partial charge < -0.3 is 10.8 Å². The van der Waals surface area contributed by atoms with E-state index in [1.54, 1.807) is 0 Å². The molecule has 0 bridgehead atoms. The van der Waals surface area contributed by atoms with Crippen LogP contribution in [0.1, 0.15) is 44.9 Å². The second kappa shape index (κ2) is 6.51. The van der Waals surface area contributed by atoms with Crippen LogP contribution in [-0.4, -0.2) is 34.7 Å². The van der Waals surface area contributed by atoms with E-state index in [4.69, 9.17) is 5.73 Å². The Balaban J connectivity index is 3.09. The van der Waals surface area contributed by atoms with Crippen molar-refractivity contribution >= 4 is 0 Å². The van der Waals surface area contributed by atoms with Crippen LogP contribution in [0.25, 0.3) is 0 Å². The average molecular weight is 264 g/mol. The van der Waals surface area contributed by atoms with Crippen molar-refractivity contribution < 1.29 is 5.11 Å². The largest absolute Gasteiger partial charge is 0.389 e. The first-order valence-electron chi connectivity index (χ1n) is 7.03. The SMILES string of the molecule is CCN(CC(C)(C)O)C(c1ccccc1C)C(C)N. The standard InChI is InChI=1S/C16H28N2O/c1-6-18(11-16(4,5)19)15(13(3)17)14-10-8-7-9-12(14)2/h7-10,13,15,19H,6,11,17H2,1-5H3. The number of hydrogen-bond donors (Lipinski definition) is 2. The van der Waals surface area contributed by atoms with E-state index in [1.807, 2.05) is 26.8 Å². The molecule has 0 aliphatic rings. The zero-order valence-electron chi connectivity index (χ0n) is 12.9. The topological polar surface area (TPSA) is 49.5 Å². The van der Waals surface area contributed by atoms with Gasteiger partial charge in [0.05, 0.1) is 5.60 Å². The number of likely N-dealkylation sites (N-methyl/N-ethyl adjacent to an activating group) is 1. The van der Waals surface area contributed by atoms with E-state index >= 15 is 0 Å². The van der Waals surface area contributed by atoms with E-state index in [0.29, 0.717) is 6.54 Å².